The van der Waals surface area contributed by atoms with Crippen molar-refractivity contribution in [2.75, 3.05) is 25.6 Å². The quantitative estimate of drug-likeness (QED) is 0.434. The zero-order chi connectivity index (χ0) is 18.8. The van der Waals surface area contributed by atoms with E-state index in [-0.39, 0.29) is 5.57 Å². The highest BCUT2D eigenvalue weighted by molar-refractivity contribution is 6.06. The van der Waals surface area contributed by atoms with E-state index < -0.39 is 5.91 Å². The lowest BCUT2D eigenvalue weighted by atomic mass is 10.2. The summed E-state index contributed by atoms with van der Waals surface area (Å²) in [5.41, 5.74) is 1.61. The number of hydrogen-bond acceptors (Lipinski definition) is 5. The van der Waals surface area contributed by atoms with E-state index in [1.807, 2.05) is 55.5 Å². The molecule has 2 aromatic carbocycles. The van der Waals surface area contributed by atoms with E-state index in [1.165, 1.54) is 6.20 Å². The molecule has 2 rings (SSSR count). The average molecular weight is 351 g/mol. The molecule has 0 aliphatic rings. The smallest absolute Gasteiger partial charge is 0.267 e. The lowest BCUT2D eigenvalue weighted by Gasteiger charge is -2.08. The summed E-state index contributed by atoms with van der Waals surface area (Å²) in [6.45, 7) is 2.73. The second-order valence-electron chi connectivity index (χ2n) is 5.42. The van der Waals surface area contributed by atoms with Gasteiger partial charge in [-0.25, -0.2) is 0 Å². The molecule has 0 atom stereocenters. The Bertz CT molecular complexity index is 808. The summed E-state index contributed by atoms with van der Waals surface area (Å²) in [6.07, 6.45) is 1.39. The van der Waals surface area contributed by atoms with Gasteiger partial charge in [0.2, 0.25) is 0 Å². The van der Waals surface area contributed by atoms with E-state index in [0.29, 0.717) is 18.8 Å². The standard InChI is InChI=1S/C20H21N3O3/c1-15-5-3-4-6-19(15)23-20(24)16(13-21)14-22-11-12-26-18-9-7-17(25-2)8-10-18/h3-10,14,22H,11-12H2,1-2H3,(H,23,24)/b16-14-. The molecule has 0 spiro atoms. The minimum Gasteiger partial charge on any atom is -0.497 e. The first-order valence-electron chi connectivity index (χ1n) is 8.11. The van der Waals surface area contributed by atoms with Crippen molar-refractivity contribution >= 4 is 11.6 Å². The third-order valence-corrected chi connectivity index (χ3v) is 3.58. The zero-order valence-electron chi connectivity index (χ0n) is 14.8. The molecule has 0 saturated carbocycles. The predicted molar refractivity (Wildman–Crippen MR) is 100.0 cm³/mol. The first-order valence-corrected chi connectivity index (χ1v) is 8.11. The summed E-state index contributed by atoms with van der Waals surface area (Å²) < 4.78 is 10.6. The Hall–Kier alpha value is -3.46. The molecule has 1 amide bonds. The monoisotopic (exact) mass is 351 g/mol. The fourth-order valence-electron chi connectivity index (χ4n) is 2.13. The highest BCUT2D eigenvalue weighted by Gasteiger charge is 2.10. The van der Waals surface area contributed by atoms with Crippen LogP contribution < -0.4 is 20.1 Å². The number of methoxy groups -OCH3 is 1. The highest BCUT2D eigenvalue weighted by atomic mass is 16.5. The molecule has 134 valence electrons. The third-order valence-electron chi connectivity index (χ3n) is 3.58. The molecule has 0 saturated heterocycles. The Morgan fingerprint density at radius 1 is 1.15 bits per heavy atom. The molecule has 0 aliphatic heterocycles. The summed E-state index contributed by atoms with van der Waals surface area (Å²) in [5, 5.41) is 14.8. The number of carbonyl (C=O) groups excluding carboxylic acids is 1. The van der Waals surface area contributed by atoms with E-state index in [1.54, 1.807) is 13.2 Å². The maximum atomic E-state index is 12.2. The molecule has 0 radical (unpaired) electrons. The van der Waals surface area contributed by atoms with Crippen molar-refractivity contribution in [2.45, 2.75) is 6.92 Å². The summed E-state index contributed by atoms with van der Waals surface area (Å²) in [6, 6.07) is 16.5. The fourth-order valence-corrected chi connectivity index (χ4v) is 2.13. The van der Waals surface area contributed by atoms with Crippen LogP contribution in [0, 0.1) is 18.3 Å². The van der Waals surface area contributed by atoms with E-state index in [9.17, 15) is 4.79 Å². The molecule has 6 heteroatoms. The molecular formula is C20H21N3O3. The summed E-state index contributed by atoms with van der Waals surface area (Å²) in [4.78, 5) is 12.2. The van der Waals surface area contributed by atoms with Crippen LogP contribution >= 0.6 is 0 Å². The topological polar surface area (TPSA) is 83.4 Å². The van der Waals surface area contributed by atoms with Crippen LogP contribution in [0.25, 0.3) is 0 Å². The Kier molecular flexibility index (Phi) is 7.07. The number of nitrogens with zero attached hydrogens (tertiary/aromatic N) is 1. The van der Waals surface area contributed by atoms with Crippen molar-refractivity contribution in [2.24, 2.45) is 0 Å². The van der Waals surface area contributed by atoms with Gasteiger partial charge in [-0.3, -0.25) is 4.79 Å². The number of rotatable bonds is 8. The van der Waals surface area contributed by atoms with Crippen molar-refractivity contribution in [1.29, 1.82) is 5.26 Å². The van der Waals surface area contributed by atoms with Crippen LogP contribution in [-0.4, -0.2) is 26.2 Å². The van der Waals surface area contributed by atoms with Crippen LogP contribution in [0.1, 0.15) is 5.56 Å². The highest BCUT2D eigenvalue weighted by Crippen LogP contribution is 2.16. The number of nitriles is 1. The predicted octanol–water partition coefficient (Wildman–Crippen LogP) is 3.02. The first-order chi connectivity index (χ1) is 12.6. The number of ether oxygens (including phenoxy) is 2. The number of carbonyl (C=O) groups is 1. The summed E-state index contributed by atoms with van der Waals surface area (Å²) in [5.74, 6) is 1.02. The molecular weight excluding hydrogens is 330 g/mol. The fraction of sp³-hybridized carbons (Fsp3) is 0.200. The first kappa shape index (κ1) is 18.9. The van der Waals surface area contributed by atoms with Crippen molar-refractivity contribution in [3.8, 4) is 17.6 Å². The van der Waals surface area contributed by atoms with Gasteiger partial charge in [0.25, 0.3) is 5.91 Å². The van der Waals surface area contributed by atoms with Gasteiger partial charge in [-0.05, 0) is 42.8 Å². The van der Waals surface area contributed by atoms with Gasteiger partial charge in [0, 0.05) is 18.4 Å². The number of anilines is 1. The molecule has 0 fully saturated rings. The molecule has 0 aromatic heterocycles. The number of nitrogens with one attached hydrogen (secondary N) is 2. The Labute approximate surface area is 153 Å². The minimum absolute atomic E-state index is 0.00213. The number of aryl methyl sites for hydroxylation is 1. The second kappa shape index (κ2) is 9.74. The SMILES string of the molecule is COc1ccc(OCCN/C=C(/C#N)C(=O)Nc2ccccc2C)cc1. The molecule has 0 unspecified atom stereocenters. The Balaban J connectivity index is 1.80. The molecule has 0 aliphatic carbocycles. The Morgan fingerprint density at radius 3 is 2.50 bits per heavy atom. The number of para-hydroxylation sites is 1. The Morgan fingerprint density at radius 2 is 1.85 bits per heavy atom. The molecule has 0 bridgehead atoms. The lowest BCUT2D eigenvalue weighted by molar-refractivity contribution is -0.112. The van der Waals surface area contributed by atoms with Gasteiger partial charge in [-0.2, -0.15) is 5.26 Å². The largest absolute Gasteiger partial charge is 0.497 e. The lowest BCUT2D eigenvalue weighted by Crippen LogP contribution is -2.20. The van der Waals surface area contributed by atoms with Crippen LogP contribution in [0.2, 0.25) is 0 Å². The van der Waals surface area contributed by atoms with Crippen LogP contribution in [0.15, 0.2) is 60.3 Å². The van der Waals surface area contributed by atoms with Crippen LogP contribution in [0.3, 0.4) is 0 Å². The van der Waals surface area contributed by atoms with E-state index in [0.717, 1.165) is 17.1 Å². The molecule has 2 aromatic rings. The number of hydrogen-bond donors (Lipinski definition) is 2. The maximum absolute atomic E-state index is 12.2. The molecule has 26 heavy (non-hydrogen) atoms. The molecule has 6 nitrogen and oxygen atoms in total. The van der Waals surface area contributed by atoms with Crippen molar-refractivity contribution in [3.05, 3.63) is 65.9 Å². The van der Waals surface area contributed by atoms with Crippen LogP contribution in [-0.2, 0) is 4.79 Å². The van der Waals surface area contributed by atoms with Gasteiger partial charge < -0.3 is 20.1 Å². The van der Waals surface area contributed by atoms with Crippen molar-refractivity contribution < 1.29 is 14.3 Å². The third kappa shape index (κ3) is 5.56. The maximum Gasteiger partial charge on any atom is 0.267 e. The van der Waals surface area contributed by atoms with E-state index >= 15 is 0 Å². The average Bonchev–Trinajstić information content (AvgIpc) is 2.67. The van der Waals surface area contributed by atoms with Crippen LogP contribution in [0.4, 0.5) is 5.69 Å². The van der Waals surface area contributed by atoms with Crippen molar-refractivity contribution in [1.82, 2.24) is 5.32 Å². The van der Waals surface area contributed by atoms with E-state index in [4.69, 9.17) is 14.7 Å². The molecule has 2 N–H and O–H groups in total. The minimum atomic E-state index is -0.453. The van der Waals surface area contributed by atoms with E-state index in [2.05, 4.69) is 10.6 Å². The van der Waals surface area contributed by atoms with Gasteiger partial charge in [-0.15, -0.1) is 0 Å². The summed E-state index contributed by atoms with van der Waals surface area (Å²) >= 11 is 0. The van der Waals surface area contributed by atoms with Gasteiger partial charge in [0.15, 0.2) is 0 Å². The van der Waals surface area contributed by atoms with Crippen molar-refractivity contribution in [3.63, 3.8) is 0 Å². The van der Waals surface area contributed by atoms with Gasteiger partial charge in [0.1, 0.15) is 29.7 Å². The second-order valence-corrected chi connectivity index (χ2v) is 5.42. The van der Waals surface area contributed by atoms with Gasteiger partial charge in [0.05, 0.1) is 7.11 Å². The zero-order valence-corrected chi connectivity index (χ0v) is 14.8. The normalized spacial score (nSPS) is 10.6. The number of amides is 1. The van der Waals surface area contributed by atoms with Gasteiger partial charge >= 0.3 is 0 Å². The van der Waals surface area contributed by atoms with Gasteiger partial charge in [-0.1, -0.05) is 18.2 Å². The van der Waals surface area contributed by atoms with Crippen LogP contribution in [0.5, 0.6) is 11.5 Å². The molecule has 0 heterocycles. The number of benzene rings is 2. The summed E-state index contributed by atoms with van der Waals surface area (Å²) in [7, 11) is 1.61.